The van der Waals surface area contributed by atoms with E-state index in [9.17, 15) is 4.79 Å². The molecule has 1 aliphatic rings. The third-order valence-corrected chi connectivity index (χ3v) is 5.39. The van der Waals surface area contributed by atoms with Crippen molar-refractivity contribution in [1.29, 1.82) is 0 Å². The minimum atomic E-state index is -0.207. The van der Waals surface area contributed by atoms with Crippen molar-refractivity contribution in [2.75, 3.05) is 19.7 Å². The molecule has 1 unspecified atom stereocenters. The average molecular weight is 400 g/mol. The van der Waals surface area contributed by atoms with Gasteiger partial charge in [-0.05, 0) is 62.9 Å². The van der Waals surface area contributed by atoms with Crippen LogP contribution in [0.1, 0.15) is 68.3 Å². The van der Waals surface area contributed by atoms with Crippen LogP contribution in [-0.4, -0.2) is 46.6 Å². The van der Waals surface area contributed by atoms with Crippen LogP contribution in [-0.2, 0) is 5.41 Å². The van der Waals surface area contributed by atoms with E-state index in [1.54, 1.807) is 0 Å². The first-order valence-corrected chi connectivity index (χ1v) is 10.4. The fraction of sp³-hybridized carbons (Fsp3) is 0.591. The van der Waals surface area contributed by atoms with Gasteiger partial charge in [0.2, 0.25) is 0 Å². The summed E-state index contributed by atoms with van der Waals surface area (Å²) in [5, 5.41) is 14.7. The van der Waals surface area contributed by atoms with Gasteiger partial charge in [-0.2, -0.15) is 0 Å². The van der Waals surface area contributed by atoms with Gasteiger partial charge in [-0.3, -0.25) is 4.79 Å². The molecule has 1 amide bonds. The van der Waals surface area contributed by atoms with Gasteiger partial charge in [-0.1, -0.05) is 38.1 Å². The van der Waals surface area contributed by atoms with E-state index in [1.807, 2.05) is 30.7 Å². The van der Waals surface area contributed by atoms with E-state index in [1.165, 1.54) is 5.56 Å². The van der Waals surface area contributed by atoms with Crippen molar-refractivity contribution in [2.45, 2.75) is 65.0 Å². The highest BCUT2D eigenvalue weighted by Gasteiger charge is 2.23. The topological polar surface area (TPSA) is 81.1 Å². The Morgan fingerprint density at radius 3 is 2.55 bits per heavy atom. The molecule has 1 aromatic carbocycles. The molecule has 1 aliphatic heterocycles. The normalized spacial score (nSPS) is 16.4. The van der Waals surface area contributed by atoms with E-state index in [-0.39, 0.29) is 17.4 Å². The molecular formula is C22H33N5O2. The van der Waals surface area contributed by atoms with Crippen LogP contribution in [0.2, 0.25) is 0 Å². The highest BCUT2D eigenvalue weighted by atomic mass is 16.5. The fourth-order valence-corrected chi connectivity index (χ4v) is 3.55. The second-order valence-corrected chi connectivity index (χ2v) is 8.91. The van der Waals surface area contributed by atoms with Gasteiger partial charge in [0, 0.05) is 0 Å². The Hall–Kier alpha value is -2.41. The lowest BCUT2D eigenvalue weighted by atomic mass is 9.87. The summed E-state index contributed by atoms with van der Waals surface area (Å²) in [6.07, 6.45) is 2.01. The molecule has 158 valence electrons. The van der Waals surface area contributed by atoms with Gasteiger partial charge in [-0.15, -0.1) is 5.10 Å². The molecular weight excluding hydrogens is 366 g/mol. The molecule has 0 radical (unpaired) electrons. The molecule has 2 aromatic rings. The third kappa shape index (κ3) is 5.35. The molecule has 1 saturated heterocycles. The van der Waals surface area contributed by atoms with Crippen LogP contribution in [0.4, 0.5) is 0 Å². The predicted octanol–water partition coefficient (Wildman–Crippen LogP) is 3.01. The van der Waals surface area contributed by atoms with Crippen molar-refractivity contribution < 1.29 is 9.53 Å². The van der Waals surface area contributed by atoms with Crippen molar-refractivity contribution in [1.82, 2.24) is 25.6 Å². The number of amides is 1. The van der Waals surface area contributed by atoms with E-state index in [2.05, 4.69) is 53.8 Å². The molecule has 1 aromatic heterocycles. The zero-order valence-corrected chi connectivity index (χ0v) is 18.2. The summed E-state index contributed by atoms with van der Waals surface area (Å²) in [5.41, 5.74) is 2.59. The Morgan fingerprint density at radius 2 is 1.93 bits per heavy atom. The van der Waals surface area contributed by atoms with Crippen LogP contribution in [0.15, 0.2) is 24.3 Å². The maximum Gasteiger partial charge on any atom is 0.274 e. The second kappa shape index (κ2) is 8.95. The van der Waals surface area contributed by atoms with Gasteiger partial charge < -0.3 is 15.4 Å². The highest BCUT2D eigenvalue weighted by molar-refractivity contribution is 5.93. The van der Waals surface area contributed by atoms with Gasteiger partial charge in [0.05, 0.1) is 17.8 Å². The number of carbonyl (C=O) groups excluding carboxylic acids is 1. The largest absolute Gasteiger partial charge is 0.491 e. The molecule has 29 heavy (non-hydrogen) atoms. The lowest BCUT2D eigenvalue weighted by Crippen LogP contribution is -2.37. The Balaban J connectivity index is 1.53. The van der Waals surface area contributed by atoms with Crippen molar-refractivity contribution in [2.24, 2.45) is 0 Å². The van der Waals surface area contributed by atoms with Crippen LogP contribution >= 0.6 is 0 Å². The number of aromatic nitrogens is 3. The summed E-state index contributed by atoms with van der Waals surface area (Å²) in [5.74, 6) is 0.592. The molecule has 1 atom stereocenters. The standard InChI is InChI=1S/C22H33N5O2/c1-15(14-29-19-8-6-17(7-9-19)22(3,4)5)24-21(28)20-16(2)27(26-25-20)18-10-12-23-13-11-18/h6-9,15,18,23H,10-14H2,1-5H3,(H,24,28). The fourth-order valence-electron chi connectivity index (χ4n) is 3.55. The van der Waals surface area contributed by atoms with Crippen molar-refractivity contribution in [3.8, 4) is 5.75 Å². The molecule has 3 rings (SSSR count). The Kier molecular flexibility index (Phi) is 6.57. The van der Waals surface area contributed by atoms with E-state index in [4.69, 9.17) is 4.74 Å². The van der Waals surface area contributed by atoms with Crippen LogP contribution in [0, 0.1) is 6.92 Å². The summed E-state index contributed by atoms with van der Waals surface area (Å²) in [7, 11) is 0. The lowest BCUT2D eigenvalue weighted by molar-refractivity contribution is 0.0920. The van der Waals surface area contributed by atoms with Crippen LogP contribution < -0.4 is 15.4 Å². The first-order chi connectivity index (χ1) is 13.8. The zero-order chi connectivity index (χ0) is 21.0. The van der Waals surface area contributed by atoms with Crippen LogP contribution in [0.25, 0.3) is 0 Å². The Bertz CT molecular complexity index is 817. The van der Waals surface area contributed by atoms with Gasteiger partial charge in [-0.25, -0.2) is 4.68 Å². The molecule has 0 spiro atoms. The van der Waals surface area contributed by atoms with Crippen molar-refractivity contribution in [3.05, 3.63) is 41.2 Å². The molecule has 2 N–H and O–H groups in total. The van der Waals surface area contributed by atoms with Crippen molar-refractivity contribution in [3.63, 3.8) is 0 Å². The summed E-state index contributed by atoms with van der Waals surface area (Å²) < 4.78 is 7.74. The Labute approximate surface area is 173 Å². The number of hydrogen-bond acceptors (Lipinski definition) is 5. The van der Waals surface area contributed by atoms with Crippen molar-refractivity contribution >= 4 is 5.91 Å². The first kappa shape index (κ1) is 21.3. The number of hydrogen-bond donors (Lipinski definition) is 2. The maximum atomic E-state index is 12.6. The predicted molar refractivity (Wildman–Crippen MR) is 113 cm³/mol. The van der Waals surface area contributed by atoms with E-state index in [0.717, 1.165) is 37.4 Å². The van der Waals surface area contributed by atoms with Gasteiger partial charge in [0.1, 0.15) is 12.4 Å². The molecule has 0 aliphatic carbocycles. The van der Waals surface area contributed by atoms with Gasteiger partial charge >= 0.3 is 0 Å². The van der Waals surface area contributed by atoms with Crippen LogP contribution in [0.3, 0.4) is 0 Å². The zero-order valence-electron chi connectivity index (χ0n) is 18.2. The third-order valence-electron chi connectivity index (χ3n) is 5.39. The molecule has 0 bridgehead atoms. The number of rotatable bonds is 6. The summed E-state index contributed by atoms with van der Waals surface area (Å²) in [4.78, 5) is 12.6. The number of benzene rings is 1. The number of nitrogens with zero attached hydrogens (tertiary/aromatic N) is 3. The van der Waals surface area contributed by atoms with Crippen LogP contribution in [0.5, 0.6) is 5.75 Å². The van der Waals surface area contributed by atoms with Gasteiger partial charge in [0.15, 0.2) is 5.69 Å². The quantitative estimate of drug-likeness (QED) is 0.780. The monoisotopic (exact) mass is 399 g/mol. The summed E-state index contributed by atoms with van der Waals surface area (Å²) in [6, 6.07) is 8.28. The lowest BCUT2D eigenvalue weighted by Gasteiger charge is -2.23. The molecule has 2 heterocycles. The minimum absolute atomic E-state index is 0.114. The molecule has 7 heteroatoms. The molecule has 0 saturated carbocycles. The SMILES string of the molecule is Cc1c(C(=O)NC(C)COc2ccc(C(C)(C)C)cc2)nnn1C1CCNCC1. The molecule has 1 fully saturated rings. The number of piperidine rings is 1. The summed E-state index contributed by atoms with van der Waals surface area (Å²) >= 11 is 0. The smallest absolute Gasteiger partial charge is 0.274 e. The summed E-state index contributed by atoms with van der Waals surface area (Å²) in [6.45, 7) is 12.7. The molecule has 7 nitrogen and oxygen atoms in total. The second-order valence-electron chi connectivity index (χ2n) is 8.91. The van der Waals surface area contributed by atoms with E-state index >= 15 is 0 Å². The van der Waals surface area contributed by atoms with E-state index in [0.29, 0.717) is 18.3 Å². The van der Waals surface area contributed by atoms with E-state index < -0.39 is 0 Å². The Morgan fingerprint density at radius 1 is 1.28 bits per heavy atom. The highest BCUT2D eigenvalue weighted by Crippen LogP contribution is 2.24. The first-order valence-electron chi connectivity index (χ1n) is 10.4. The number of carbonyl (C=O) groups is 1. The maximum absolute atomic E-state index is 12.6. The average Bonchev–Trinajstić information content (AvgIpc) is 3.08. The minimum Gasteiger partial charge on any atom is -0.491 e. The van der Waals surface area contributed by atoms with Gasteiger partial charge in [0.25, 0.3) is 5.91 Å². The number of nitrogens with one attached hydrogen (secondary N) is 2. The number of ether oxygens (including phenoxy) is 1.